The Balaban J connectivity index is 1.48. The first-order chi connectivity index (χ1) is 11.7. The molecule has 0 atom stereocenters. The van der Waals surface area contributed by atoms with Crippen LogP contribution >= 0.6 is 11.6 Å². The van der Waals surface area contributed by atoms with Crippen molar-refractivity contribution in [2.75, 3.05) is 5.32 Å². The fraction of sp³-hybridized carbons (Fsp3) is 0.235. The number of aryl methyl sites for hydroxylation is 2. The predicted molar refractivity (Wildman–Crippen MR) is 92.9 cm³/mol. The molecule has 0 bridgehead atoms. The second kappa shape index (κ2) is 7.79. The Bertz CT molecular complexity index is 797. The molecule has 0 spiro atoms. The van der Waals surface area contributed by atoms with Crippen molar-refractivity contribution in [1.82, 2.24) is 19.3 Å². The van der Waals surface area contributed by atoms with Crippen LogP contribution < -0.4 is 5.32 Å². The zero-order valence-corrected chi connectivity index (χ0v) is 13.9. The second-order valence-electron chi connectivity index (χ2n) is 5.43. The highest BCUT2D eigenvalue weighted by atomic mass is 35.5. The van der Waals surface area contributed by atoms with E-state index in [9.17, 15) is 4.79 Å². The first-order valence-corrected chi connectivity index (χ1v) is 8.11. The first-order valence-electron chi connectivity index (χ1n) is 7.73. The van der Waals surface area contributed by atoms with Gasteiger partial charge < -0.3 is 9.88 Å². The minimum Gasteiger partial charge on any atom is -0.337 e. The van der Waals surface area contributed by atoms with Crippen molar-refractivity contribution in [3.63, 3.8) is 0 Å². The van der Waals surface area contributed by atoms with Gasteiger partial charge in [-0.1, -0.05) is 29.8 Å². The van der Waals surface area contributed by atoms with Crippen LogP contribution in [0.15, 0.2) is 55.2 Å². The van der Waals surface area contributed by atoms with Crippen LogP contribution in [0.25, 0.3) is 0 Å². The number of amides is 1. The summed E-state index contributed by atoms with van der Waals surface area (Å²) < 4.78 is 3.85. The molecule has 2 aromatic heterocycles. The Hall–Kier alpha value is -2.60. The molecule has 0 radical (unpaired) electrons. The molecular formula is C17H18ClN5O. The summed E-state index contributed by atoms with van der Waals surface area (Å²) in [6.07, 6.45) is 8.52. The molecule has 1 aromatic carbocycles. The number of hydrogen-bond donors (Lipinski definition) is 1. The van der Waals surface area contributed by atoms with Crippen molar-refractivity contribution < 1.29 is 4.79 Å². The van der Waals surface area contributed by atoms with E-state index < -0.39 is 0 Å². The molecule has 0 saturated heterocycles. The fourth-order valence-corrected chi connectivity index (χ4v) is 2.59. The molecule has 24 heavy (non-hydrogen) atoms. The summed E-state index contributed by atoms with van der Waals surface area (Å²) in [7, 11) is 0. The number of halogens is 1. The van der Waals surface area contributed by atoms with Crippen molar-refractivity contribution >= 4 is 23.3 Å². The van der Waals surface area contributed by atoms with E-state index in [0.717, 1.165) is 25.1 Å². The normalized spacial score (nSPS) is 10.7. The summed E-state index contributed by atoms with van der Waals surface area (Å²) >= 11 is 6.07. The van der Waals surface area contributed by atoms with Crippen LogP contribution in [-0.2, 0) is 24.3 Å². The van der Waals surface area contributed by atoms with E-state index >= 15 is 0 Å². The molecule has 2 heterocycles. The van der Waals surface area contributed by atoms with Crippen LogP contribution in [0.3, 0.4) is 0 Å². The number of imidazole rings is 1. The van der Waals surface area contributed by atoms with Crippen LogP contribution in [0, 0.1) is 0 Å². The van der Waals surface area contributed by atoms with Crippen LogP contribution in [0.4, 0.5) is 5.82 Å². The van der Waals surface area contributed by atoms with Gasteiger partial charge in [-0.2, -0.15) is 5.10 Å². The summed E-state index contributed by atoms with van der Waals surface area (Å²) in [5.74, 6) is 0.418. The van der Waals surface area contributed by atoms with Gasteiger partial charge in [-0.25, -0.2) is 4.98 Å². The van der Waals surface area contributed by atoms with E-state index in [1.165, 1.54) is 0 Å². The Morgan fingerprint density at radius 2 is 2.04 bits per heavy atom. The summed E-state index contributed by atoms with van der Waals surface area (Å²) in [5, 5.41) is 7.75. The van der Waals surface area contributed by atoms with Gasteiger partial charge in [0.05, 0.1) is 12.7 Å². The number of nitrogens with zero attached hydrogens (tertiary/aromatic N) is 4. The van der Waals surface area contributed by atoms with E-state index in [4.69, 9.17) is 11.6 Å². The van der Waals surface area contributed by atoms with Gasteiger partial charge >= 0.3 is 0 Å². The summed E-state index contributed by atoms with van der Waals surface area (Å²) in [6, 6.07) is 9.12. The van der Waals surface area contributed by atoms with E-state index in [1.807, 2.05) is 39.8 Å². The molecule has 0 saturated carbocycles. The highest BCUT2D eigenvalue weighted by Crippen LogP contribution is 2.16. The molecular weight excluding hydrogens is 326 g/mol. The van der Waals surface area contributed by atoms with Crippen molar-refractivity contribution in [1.29, 1.82) is 0 Å². The number of hydrogen-bond acceptors (Lipinski definition) is 3. The number of rotatable bonds is 7. The Kier molecular flexibility index (Phi) is 5.28. The Labute approximate surface area is 145 Å². The van der Waals surface area contributed by atoms with Gasteiger partial charge in [0.2, 0.25) is 5.91 Å². The minimum atomic E-state index is -0.133. The zero-order valence-electron chi connectivity index (χ0n) is 13.1. The van der Waals surface area contributed by atoms with E-state index in [1.54, 1.807) is 24.7 Å². The molecule has 7 heteroatoms. The predicted octanol–water partition coefficient (Wildman–Crippen LogP) is 3.00. The third-order valence-electron chi connectivity index (χ3n) is 3.58. The van der Waals surface area contributed by atoms with Gasteiger partial charge in [-0.3, -0.25) is 9.48 Å². The van der Waals surface area contributed by atoms with Crippen LogP contribution in [0.1, 0.15) is 12.0 Å². The molecule has 1 amide bonds. The largest absolute Gasteiger partial charge is 0.337 e. The van der Waals surface area contributed by atoms with Gasteiger partial charge in [-0.15, -0.1) is 0 Å². The molecule has 1 N–H and O–H groups in total. The lowest BCUT2D eigenvalue weighted by Gasteiger charge is -2.05. The third kappa shape index (κ3) is 4.45. The summed E-state index contributed by atoms with van der Waals surface area (Å²) in [6.45, 7) is 1.66. The highest BCUT2D eigenvalue weighted by Gasteiger charge is 2.08. The second-order valence-corrected chi connectivity index (χ2v) is 5.84. The van der Waals surface area contributed by atoms with Gasteiger partial charge in [0, 0.05) is 42.8 Å². The maximum absolute atomic E-state index is 12.1. The summed E-state index contributed by atoms with van der Waals surface area (Å²) in [4.78, 5) is 16.1. The zero-order chi connectivity index (χ0) is 16.8. The smallest absolute Gasteiger partial charge is 0.230 e. The van der Waals surface area contributed by atoms with E-state index in [0.29, 0.717) is 10.8 Å². The van der Waals surface area contributed by atoms with E-state index in [-0.39, 0.29) is 12.3 Å². The lowest BCUT2D eigenvalue weighted by Crippen LogP contribution is -2.15. The molecule has 3 rings (SSSR count). The number of carbonyl (C=O) groups excluding carboxylic acids is 1. The van der Waals surface area contributed by atoms with Crippen LogP contribution in [0.5, 0.6) is 0 Å². The standard InChI is InChI=1S/C17H18ClN5O/c18-15-5-2-1-4-14(15)12-17(24)20-16-6-10-23(21-16)9-3-8-22-11-7-19-13-22/h1-2,4-7,10-11,13H,3,8-9,12H2,(H,20,21,24). The third-order valence-corrected chi connectivity index (χ3v) is 3.95. The molecule has 0 aliphatic rings. The molecule has 0 aliphatic carbocycles. The number of anilines is 1. The van der Waals surface area contributed by atoms with Crippen molar-refractivity contribution in [2.45, 2.75) is 25.9 Å². The van der Waals surface area contributed by atoms with Gasteiger partial charge in [-0.05, 0) is 18.1 Å². The maximum atomic E-state index is 12.1. The number of benzene rings is 1. The average molecular weight is 344 g/mol. The van der Waals surface area contributed by atoms with Crippen molar-refractivity contribution in [3.05, 3.63) is 65.8 Å². The number of carbonyl (C=O) groups is 1. The first kappa shape index (κ1) is 16.3. The molecule has 6 nitrogen and oxygen atoms in total. The number of nitrogens with one attached hydrogen (secondary N) is 1. The molecule has 0 aliphatic heterocycles. The highest BCUT2D eigenvalue weighted by molar-refractivity contribution is 6.31. The fourth-order valence-electron chi connectivity index (χ4n) is 2.39. The topological polar surface area (TPSA) is 64.7 Å². The summed E-state index contributed by atoms with van der Waals surface area (Å²) in [5.41, 5.74) is 0.802. The Morgan fingerprint density at radius 1 is 1.17 bits per heavy atom. The Morgan fingerprint density at radius 3 is 2.83 bits per heavy atom. The van der Waals surface area contributed by atoms with E-state index in [2.05, 4.69) is 15.4 Å². The molecule has 3 aromatic rings. The lowest BCUT2D eigenvalue weighted by atomic mass is 10.1. The maximum Gasteiger partial charge on any atom is 0.230 e. The van der Waals surface area contributed by atoms with Gasteiger partial charge in [0.1, 0.15) is 0 Å². The average Bonchev–Trinajstić information content (AvgIpc) is 3.22. The molecule has 0 fully saturated rings. The quantitative estimate of drug-likeness (QED) is 0.717. The van der Waals surface area contributed by atoms with Gasteiger partial charge in [0.25, 0.3) is 0 Å². The van der Waals surface area contributed by atoms with Gasteiger partial charge in [0.15, 0.2) is 5.82 Å². The molecule has 0 unspecified atom stereocenters. The van der Waals surface area contributed by atoms with Crippen molar-refractivity contribution in [3.8, 4) is 0 Å². The van der Waals surface area contributed by atoms with Crippen molar-refractivity contribution in [2.24, 2.45) is 0 Å². The molecule has 124 valence electrons. The monoisotopic (exact) mass is 343 g/mol. The number of aromatic nitrogens is 4. The SMILES string of the molecule is O=C(Cc1ccccc1Cl)Nc1ccn(CCCn2ccnc2)n1. The minimum absolute atomic E-state index is 0.133. The van der Waals surface area contributed by atoms with Crippen LogP contribution in [0.2, 0.25) is 5.02 Å². The lowest BCUT2D eigenvalue weighted by molar-refractivity contribution is -0.115. The van der Waals surface area contributed by atoms with Crippen LogP contribution in [-0.4, -0.2) is 25.2 Å².